The number of halogens is 1. The van der Waals surface area contributed by atoms with Crippen molar-refractivity contribution in [3.05, 3.63) is 0 Å². The number of rotatable bonds is 7. The lowest BCUT2D eigenvalue weighted by Gasteiger charge is -2.25. The Morgan fingerprint density at radius 2 is 1.75 bits per heavy atom. The van der Waals surface area contributed by atoms with Gasteiger partial charge in [-0.25, -0.2) is 0 Å². The summed E-state index contributed by atoms with van der Waals surface area (Å²) in [5.74, 6) is -1.46. The van der Waals surface area contributed by atoms with E-state index in [1.54, 1.807) is 0 Å². The van der Waals surface area contributed by atoms with Crippen molar-refractivity contribution in [3.8, 4) is 0 Å². The second-order valence-electron chi connectivity index (χ2n) is 3.23. The molecule has 92 valence electrons. The Balaban J connectivity index is 5.10. The first-order chi connectivity index (χ1) is 7.58. The minimum Gasteiger partial charge on any atom is -0.468 e. The Morgan fingerprint density at radius 1 is 1.25 bits per heavy atom. The molecule has 5 nitrogen and oxygen atoms in total. The van der Waals surface area contributed by atoms with Crippen LogP contribution in [0.1, 0.15) is 19.3 Å². The van der Waals surface area contributed by atoms with Crippen molar-refractivity contribution in [2.24, 2.45) is 5.41 Å². The number of carbonyl (C=O) groups excluding carboxylic acids is 3. The van der Waals surface area contributed by atoms with Crippen LogP contribution in [0.4, 0.5) is 0 Å². The molecule has 0 aromatic rings. The summed E-state index contributed by atoms with van der Waals surface area (Å²) in [6, 6.07) is 0. The van der Waals surface area contributed by atoms with E-state index in [9.17, 15) is 14.4 Å². The first-order valence-corrected chi connectivity index (χ1v) is 5.87. The lowest BCUT2D eigenvalue weighted by Crippen LogP contribution is -2.41. The van der Waals surface area contributed by atoms with Gasteiger partial charge in [-0.3, -0.25) is 9.59 Å². The molecule has 0 N–H and O–H groups in total. The minimum atomic E-state index is -1.50. The summed E-state index contributed by atoms with van der Waals surface area (Å²) >= 11 is 3.20. The van der Waals surface area contributed by atoms with Crippen molar-refractivity contribution in [2.45, 2.75) is 19.3 Å². The van der Waals surface area contributed by atoms with Crippen LogP contribution in [0.5, 0.6) is 0 Å². The summed E-state index contributed by atoms with van der Waals surface area (Å²) in [6.07, 6.45) is 1.09. The van der Waals surface area contributed by atoms with Crippen LogP contribution >= 0.6 is 15.9 Å². The predicted octanol–water partition coefficient (Wildman–Crippen LogP) is 1.08. The summed E-state index contributed by atoms with van der Waals surface area (Å²) in [5.41, 5.74) is -1.50. The summed E-state index contributed by atoms with van der Waals surface area (Å²) in [6.45, 7) is 0. The van der Waals surface area contributed by atoms with Crippen LogP contribution in [0.25, 0.3) is 0 Å². The molecule has 0 rings (SSSR count). The number of hydrogen-bond acceptors (Lipinski definition) is 5. The molecular formula is C10H15BrO5. The Labute approximate surface area is 103 Å². The third kappa shape index (κ3) is 3.30. The summed E-state index contributed by atoms with van der Waals surface area (Å²) < 4.78 is 9.15. The first kappa shape index (κ1) is 15.1. The highest BCUT2D eigenvalue weighted by Crippen LogP contribution is 2.31. The van der Waals surface area contributed by atoms with E-state index in [1.807, 2.05) is 0 Å². The van der Waals surface area contributed by atoms with Gasteiger partial charge in [-0.2, -0.15) is 0 Å². The molecule has 16 heavy (non-hydrogen) atoms. The summed E-state index contributed by atoms with van der Waals surface area (Å²) in [7, 11) is 2.36. The smallest absolute Gasteiger partial charge is 0.323 e. The van der Waals surface area contributed by atoms with Gasteiger partial charge in [0.25, 0.3) is 0 Å². The van der Waals surface area contributed by atoms with E-state index in [2.05, 4.69) is 25.4 Å². The molecule has 0 aromatic carbocycles. The Hall–Kier alpha value is -0.910. The van der Waals surface area contributed by atoms with Gasteiger partial charge in [0.15, 0.2) is 5.41 Å². The van der Waals surface area contributed by atoms with Crippen LogP contribution in [0, 0.1) is 5.41 Å². The molecule has 0 saturated carbocycles. The molecule has 0 fully saturated rings. The van der Waals surface area contributed by atoms with Crippen LogP contribution in [-0.4, -0.2) is 37.8 Å². The molecule has 0 aliphatic heterocycles. The van der Waals surface area contributed by atoms with Gasteiger partial charge in [0.05, 0.1) is 14.2 Å². The second-order valence-corrected chi connectivity index (χ2v) is 4.02. The van der Waals surface area contributed by atoms with Crippen LogP contribution in [0.3, 0.4) is 0 Å². The molecule has 0 aliphatic rings. The summed E-state index contributed by atoms with van der Waals surface area (Å²) in [5, 5.41) is 0.627. The minimum absolute atomic E-state index is 0.219. The third-order valence-corrected chi connectivity index (χ3v) is 2.88. The molecular weight excluding hydrogens is 280 g/mol. The van der Waals surface area contributed by atoms with Gasteiger partial charge in [-0.1, -0.05) is 15.9 Å². The monoisotopic (exact) mass is 294 g/mol. The number of esters is 2. The fraction of sp³-hybridized carbons (Fsp3) is 0.700. The van der Waals surface area contributed by atoms with Gasteiger partial charge in [0, 0.05) is 11.8 Å². The van der Waals surface area contributed by atoms with E-state index < -0.39 is 17.4 Å². The van der Waals surface area contributed by atoms with Crippen molar-refractivity contribution in [2.75, 3.05) is 19.5 Å². The van der Waals surface area contributed by atoms with Gasteiger partial charge < -0.3 is 14.3 Å². The highest BCUT2D eigenvalue weighted by atomic mass is 79.9. The van der Waals surface area contributed by atoms with Crippen molar-refractivity contribution in [1.29, 1.82) is 0 Å². The zero-order valence-corrected chi connectivity index (χ0v) is 10.9. The lowest BCUT2D eigenvalue weighted by atomic mass is 9.80. The molecule has 0 aliphatic carbocycles. The van der Waals surface area contributed by atoms with Crippen LogP contribution in [0.2, 0.25) is 0 Å². The Morgan fingerprint density at radius 3 is 2.06 bits per heavy atom. The standard InChI is InChI=1S/C10H15BrO5/c1-15-8(13)10(5-7-12,4-3-6-11)9(14)16-2/h7H,3-6H2,1-2H3. The van der Waals surface area contributed by atoms with Crippen LogP contribution in [-0.2, 0) is 23.9 Å². The number of carbonyl (C=O) groups is 3. The van der Waals surface area contributed by atoms with Crippen molar-refractivity contribution >= 4 is 34.2 Å². The van der Waals surface area contributed by atoms with Crippen LogP contribution in [0.15, 0.2) is 0 Å². The van der Waals surface area contributed by atoms with Gasteiger partial charge in [0.1, 0.15) is 6.29 Å². The van der Waals surface area contributed by atoms with Gasteiger partial charge >= 0.3 is 11.9 Å². The molecule has 0 amide bonds. The first-order valence-electron chi connectivity index (χ1n) is 4.75. The average molecular weight is 295 g/mol. The van der Waals surface area contributed by atoms with E-state index in [0.29, 0.717) is 18.0 Å². The highest BCUT2D eigenvalue weighted by molar-refractivity contribution is 9.09. The lowest BCUT2D eigenvalue weighted by molar-refractivity contribution is -0.171. The Bertz CT molecular complexity index is 248. The largest absolute Gasteiger partial charge is 0.468 e. The molecule has 0 radical (unpaired) electrons. The number of alkyl halides is 1. The predicted molar refractivity (Wildman–Crippen MR) is 60.2 cm³/mol. The zero-order valence-electron chi connectivity index (χ0n) is 9.32. The third-order valence-electron chi connectivity index (χ3n) is 2.32. The fourth-order valence-electron chi connectivity index (χ4n) is 1.46. The van der Waals surface area contributed by atoms with Gasteiger partial charge in [0.2, 0.25) is 0 Å². The average Bonchev–Trinajstić information content (AvgIpc) is 2.32. The van der Waals surface area contributed by atoms with Crippen molar-refractivity contribution < 1.29 is 23.9 Å². The Kier molecular flexibility index (Phi) is 6.96. The zero-order chi connectivity index (χ0) is 12.6. The number of hydrogen-bond donors (Lipinski definition) is 0. The summed E-state index contributed by atoms with van der Waals surface area (Å²) in [4.78, 5) is 33.9. The van der Waals surface area contributed by atoms with Crippen molar-refractivity contribution in [3.63, 3.8) is 0 Å². The van der Waals surface area contributed by atoms with Gasteiger partial charge in [-0.05, 0) is 12.8 Å². The van der Waals surface area contributed by atoms with Gasteiger partial charge in [-0.15, -0.1) is 0 Å². The molecule has 0 saturated heterocycles. The van der Waals surface area contributed by atoms with E-state index >= 15 is 0 Å². The molecule has 0 unspecified atom stereocenters. The van der Waals surface area contributed by atoms with E-state index in [0.717, 1.165) is 0 Å². The highest BCUT2D eigenvalue weighted by Gasteiger charge is 2.47. The van der Waals surface area contributed by atoms with E-state index in [-0.39, 0.29) is 12.8 Å². The molecule has 0 bridgehead atoms. The van der Waals surface area contributed by atoms with E-state index in [4.69, 9.17) is 0 Å². The normalized spacial score (nSPS) is 10.7. The SMILES string of the molecule is COC(=O)C(CC=O)(CCCBr)C(=O)OC. The fourth-order valence-corrected chi connectivity index (χ4v) is 1.74. The molecule has 0 aromatic heterocycles. The van der Waals surface area contributed by atoms with E-state index in [1.165, 1.54) is 14.2 Å². The molecule has 0 spiro atoms. The number of aldehydes is 1. The quantitative estimate of drug-likeness (QED) is 0.304. The maximum absolute atomic E-state index is 11.6. The van der Waals surface area contributed by atoms with Crippen LogP contribution < -0.4 is 0 Å². The molecule has 0 atom stereocenters. The number of methoxy groups -OCH3 is 2. The number of ether oxygens (including phenoxy) is 2. The van der Waals surface area contributed by atoms with Crippen molar-refractivity contribution in [1.82, 2.24) is 0 Å². The molecule has 6 heteroatoms. The molecule has 0 heterocycles. The second kappa shape index (κ2) is 7.38. The maximum atomic E-state index is 11.6. The maximum Gasteiger partial charge on any atom is 0.323 e. The topological polar surface area (TPSA) is 69.7 Å².